The third-order valence-electron chi connectivity index (χ3n) is 7.85. The standard InChI is InChI=1S/C14H25NO2.C12H24O/c1-7-14-8-10(16)15(13(3,4)5)11(9(14)2)12(14)17-6;1-10(2,3)8-12(7,9-13)11(4,5)6/h9,11-12H,7-8H2,1-6H3;9H,8H2,1-7H3. The lowest BCUT2D eigenvalue weighted by atomic mass is 9.49. The highest BCUT2D eigenvalue weighted by Gasteiger charge is 2.67. The molecule has 2 aliphatic heterocycles. The first kappa shape index (κ1) is 27.1. The maximum Gasteiger partial charge on any atom is 0.224 e. The monoisotopic (exact) mass is 423 g/mol. The minimum Gasteiger partial charge on any atom is -0.379 e. The van der Waals surface area contributed by atoms with E-state index in [2.05, 4.69) is 88.0 Å². The van der Waals surface area contributed by atoms with Crippen LogP contribution in [0, 0.1) is 27.6 Å². The van der Waals surface area contributed by atoms with E-state index in [-0.39, 0.29) is 39.3 Å². The van der Waals surface area contributed by atoms with Gasteiger partial charge in [0.2, 0.25) is 5.91 Å². The molecule has 0 N–H and O–H groups in total. The summed E-state index contributed by atoms with van der Waals surface area (Å²) >= 11 is 0. The zero-order chi connectivity index (χ0) is 23.9. The summed E-state index contributed by atoms with van der Waals surface area (Å²) in [6, 6.07) is 0.265. The molecule has 1 amide bonds. The van der Waals surface area contributed by atoms with Crippen molar-refractivity contribution in [2.24, 2.45) is 27.6 Å². The van der Waals surface area contributed by atoms with Crippen molar-refractivity contribution in [3.63, 3.8) is 0 Å². The second-order valence-electron chi connectivity index (χ2n) is 13.2. The Morgan fingerprint density at radius 2 is 1.57 bits per heavy atom. The highest BCUT2D eigenvalue weighted by atomic mass is 16.5. The summed E-state index contributed by atoms with van der Waals surface area (Å²) in [7, 11) is 1.78. The smallest absolute Gasteiger partial charge is 0.224 e. The fraction of sp³-hybridized carbons (Fsp3) is 0.923. The van der Waals surface area contributed by atoms with E-state index in [0.29, 0.717) is 18.2 Å². The predicted molar refractivity (Wildman–Crippen MR) is 125 cm³/mol. The van der Waals surface area contributed by atoms with E-state index in [1.807, 2.05) is 0 Å². The van der Waals surface area contributed by atoms with Gasteiger partial charge in [-0.3, -0.25) is 4.79 Å². The van der Waals surface area contributed by atoms with E-state index >= 15 is 0 Å². The van der Waals surface area contributed by atoms with Crippen molar-refractivity contribution < 1.29 is 14.3 Å². The van der Waals surface area contributed by atoms with Crippen LogP contribution in [-0.4, -0.2) is 41.9 Å². The van der Waals surface area contributed by atoms with Gasteiger partial charge in [-0.1, -0.05) is 62.3 Å². The Bertz CT molecular complexity index is 622. The van der Waals surface area contributed by atoms with Gasteiger partial charge in [0.15, 0.2) is 0 Å². The molecule has 4 heteroatoms. The van der Waals surface area contributed by atoms with Gasteiger partial charge in [-0.15, -0.1) is 0 Å². The summed E-state index contributed by atoms with van der Waals surface area (Å²) < 4.78 is 5.70. The Morgan fingerprint density at radius 1 is 1.07 bits per heavy atom. The van der Waals surface area contributed by atoms with Gasteiger partial charge in [0.05, 0.1) is 12.1 Å². The number of piperidine rings is 2. The molecule has 3 fully saturated rings. The number of hydrogen-bond donors (Lipinski definition) is 0. The fourth-order valence-electron chi connectivity index (χ4n) is 5.67. The Hall–Kier alpha value is -0.900. The van der Waals surface area contributed by atoms with E-state index < -0.39 is 0 Å². The number of aldehydes is 1. The minimum absolute atomic E-state index is 0.0437. The molecule has 1 aliphatic carbocycles. The molecule has 5 atom stereocenters. The molecule has 5 unspecified atom stereocenters. The lowest BCUT2D eigenvalue weighted by Gasteiger charge is -2.68. The van der Waals surface area contributed by atoms with Crippen LogP contribution < -0.4 is 0 Å². The van der Waals surface area contributed by atoms with Gasteiger partial charge in [-0.2, -0.15) is 0 Å². The molecule has 30 heavy (non-hydrogen) atoms. The minimum atomic E-state index is -0.217. The molecular weight excluding hydrogens is 374 g/mol. The number of ether oxygens (including phenoxy) is 1. The van der Waals surface area contributed by atoms with Gasteiger partial charge >= 0.3 is 0 Å². The van der Waals surface area contributed by atoms with Crippen LogP contribution in [0.15, 0.2) is 0 Å². The topological polar surface area (TPSA) is 46.6 Å². The Balaban J connectivity index is 0.000000314. The number of hydrogen-bond acceptors (Lipinski definition) is 3. The average molecular weight is 424 g/mol. The van der Waals surface area contributed by atoms with Crippen LogP contribution in [0.3, 0.4) is 0 Å². The first-order chi connectivity index (χ1) is 13.3. The van der Waals surface area contributed by atoms with Crippen molar-refractivity contribution >= 4 is 12.2 Å². The van der Waals surface area contributed by atoms with Crippen LogP contribution in [0.4, 0.5) is 0 Å². The van der Waals surface area contributed by atoms with Gasteiger partial charge in [0.1, 0.15) is 6.29 Å². The molecule has 0 radical (unpaired) electrons. The Kier molecular flexibility index (Phi) is 7.74. The van der Waals surface area contributed by atoms with Crippen molar-refractivity contribution in [1.29, 1.82) is 0 Å². The fourth-order valence-corrected chi connectivity index (χ4v) is 5.67. The summed E-state index contributed by atoms with van der Waals surface area (Å²) in [6.07, 6.45) is 3.97. The SMILES string of the molecule is CC(C)(C)CC(C)(C=O)C(C)(C)C.CCC12CC(=O)N(C(C)(C)C)C(C1C)C2OC. The molecule has 0 spiro atoms. The van der Waals surface area contributed by atoms with Crippen LogP contribution >= 0.6 is 0 Å². The third kappa shape index (κ3) is 4.95. The Labute approximate surface area is 186 Å². The summed E-state index contributed by atoms with van der Waals surface area (Å²) in [6.45, 7) is 25.8. The van der Waals surface area contributed by atoms with Crippen LogP contribution in [-0.2, 0) is 14.3 Å². The summed E-state index contributed by atoms with van der Waals surface area (Å²) in [4.78, 5) is 25.5. The molecule has 4 nitrogen and oxygen atoms in total. The molecular formula is C26H49NO3. The largest absolute Gasteiger partial charge is 0.379 e. The average Bonchev–Trinajstić information content (AvgIpc) is 2.56. The first-order valence-corrected chi connectivity index (χ1v) is 11.6. The van der Waals surface area contributed by atoms with Gasteiger partial charge in [0, 0.05) is 29.9 Å². The maximum atomic E-state index is 12.3. The molecule has 3 aliphatic rings. The first-order valence-electron chi connectivity index (χ1n) is 11.6. The number of amides is 1. The normalized spacial score (nSPS) is 31.3. The van der Waals surface area contributed by atoms with E-state index in [9.17, 15) is 9.59 Å². The summed E-state index contributed by atoms with van der Waals surface area (Å²) in [5.41, 5.74) is 0.0293. The van der Waals surface area contributed by atoms with Crippen LogP contribution in [0.2, 0.25) is 0 Å². The zero-order valence-electron chi connectivity index (χ0n) is 22.1. The molecule has 0 aromatic heterocycles. The molecule has 3 rings (SSSR count). The molecule has 0 aromatic carbocycles. The highest BCUT2D eigenvalue weighted by molar-refractivity contribution is 5.81. The predicted octanol–water partition coefficient (Wildman–Crippen LogP) is 6.12. The molecule has 176 valence electrons. The van der Waals surface area contributed by atoms with Crippen molar-refractivity contribution in [1.82, 2.24) is 4.90 Å². The van der Waals surface area contributed by atoms with E-state index in [4.69, 9.17) is 4.74 Å². The molecule has 0 aromatic rings. The number of carbonyl (C=O) groups excluding carboxylic acids is 2. The number of fused-ring (bicyclic) bond motifs is 2. The van der Waals surface area contributed by atoms with Gasteiger partial charge in [-0.25, -0.2) is 0 Å². The molecule has 2 bridgehead atoms. The number of nitrogens with zero attached hydrogens (tertiary/aromatic N) is 1. The van der Waals surface area contributed by atoms with E-state index in [1.165, 1.54) is 0 Å². The van der Waals surface area contributed by atoms with Crippen molar-refractivity contribution in [2.75, 3.05) is 7.11 Å². The van der Waals surface area contributed by atoms with Crippen LogP contribution in [0.25, 0.3) is 0 Å². The molecule has 2 heterocycles. The second kappa shape index (κ2) is 8.56. The lowest BCUT2D eigenvalue weighted by Crippen LogP contribution is -2.78. The number of rotatable bonds is 4. The van der Waals surface area contributed by atoms with Gasteiger partial charge in [0.25, 0.3) is 0 Å². The van der Waals surface area contributed by atoms with Crippen molar-refractivity contribution in [3.8, 4) is 0 Å². The lowest BCUT2D eigenvalue weighted by molar-refractivity contribution is -0.245. The maximum absolute atomic E-state index is 12.3. The summed E-state index contributed by atoms with van der Waals surface area (Å²) in [5.74, 6) is 0.852. The van der Waals surface area contributed by atoms with Crippen molar-refractivity contribution in [2.45, 2.75) is 120 Å². The second-order valence-corrected chi connectivity index (χ2v) is 13.2. The van der Waals surface area contributed by atoms with E-state index in [1.54, 1.807) is 7.11 Å². The highest BCUT2D eigenvalue weighted by Crippen LogP contribution is 2.60. The quantitative estimate of drug-likeness (QED) is 0.512. The Morgan fingerprint density at radius 3 is 1.83 bits per heavy atom. The van der Waals surface area contributed by atoms with Gasteiger partial charge in [-0.05, 0) is 50.4 Å². The zero-order valence-corrected chi connectivity index (χ0v) is 22.1. The number of carbonyl (C=O) groups is 2. The molecule has 2 saturated heterocycles. The third-order valence-corrected chi connectivity index (χ3v) is 7.85. The number of methoxy groups -OCH3 is 1. The molecule has 1 saturated carbocycles. The van der Waals surface area contributed by atoms with Crippen LogP contribution in [0.1, 0.15) is 102 Å². The van der Waals surface area contributed by atoms with Crippen molar-refractivity contribution in [3.05, 3.63) is 0 Å². The summed E-state index contributed by atoms with van der Waals surface area (Å²) in [5, 5.41) is 0. The van der Waals surface area contributed by atoms with Gasteiger partial charge < -0.3 is 14.4 Å². The van der Waals surface area contributed by atoms with E-state index in [0.717, 1.165) is 19.1 Å². The van der Waals surface area contributed by atoms with Crippen LogP contribution in [0.5, 0.6) is 0 Å².